The lowest BCUT2D eigenvalue weighted by Crippen LogP contribution is -2.00. The molecule has 0 saturated heterocycles. The van der Waals surface area contributed by atoms with Crippen molar-refractivity contribution in [3.8, 4) is 0 Å². The molecule has 4 heteroatoms. The lowest BCUT2D eigenvalue weighted by atomic mass is 10.2. The largest absolute Gasteiger partial charge is 0.380 e. The van der Waals surface area contributed by atoms with E-state index in [9.17, 15) is 4.39 Å². The maximum Gasteiger partial charge on any atom is 0.139 e. The van der Waals surface area contributed by atoms with Crippen molar-refractivity contribution in [2.24, 2.45) is 0 Å². The molecule has 0 fully saturated rings. The second-order valence-electron chi connectivity index (χ2n) is 4.16. The topological polar surface area (TPSA) is 12.0 Å². The van der Waals surface area contributed by atoms with Crippen LogP contribution in [0.2, 0.25) is 0 Å². The Hall–Kier alpha value is -0.870. The highest BCUT2D eigenvalue weighted by Crippen LogP contribution is 2.25. The first-order chi connectivity index (χ1) is 8.60. The zero-order valence-corrected chi connectivity index (χ0v) is 12.8. The van der Waals surface area contributed by atoms with Gasteiger partial charge in [0.15, 0.2) is 0 Å². The molecule has 2 aromatic rings. The fourth-order valence-electron chi connectivity index (χ4n) is 1.73. The Morgan fingerprint density at radius 2 is 2.00 bits per heavy atom. The van der Waals surface area contributed by atoms with Crippen molar-refractivity contribution in [2.75, 3.05) is 5.32 Å². The molecule has 1 aromatic carbocycles. The number of hydrogen-bond acceptors (Lipinski definition) is 2. The van der Waals surface area contributed by atoms with Gasteiger partial charge in [-0.15, -0.1) is 11.3 Å². The van der Waals surface area contributed by atoms with Crippen LogP contribution in [0.4, 0.5) is 10.1 Å². The monoisotopic (exact) mass is 327 g/mol. The fourth-order valence-corrected chi connectivity index (χ4v) is 3.08. The Kier molecular flexibility index (Phi) is 4.40. The van der Waals surface area contributed by atoms with E-state index in [1.165, 1.54) is 15.8 Å². The van der Waals surface area contributed by atoms with Crippen LogP contribution in [0.5, 0.6) is 0 Å². The molecule has 0 aliphatic heterocycles. The zero-order valence-electron chi connectivity index (χ0n) is 10.4. The summed E-state index contributed by atoms with van der Waals surface area (Å²) in [6.45, 7) is 4.86. The Morgan fingerprint density at radius 1 is 1.28 bits per heavy atom. The molecule has 1 aromatic heterocycles. The molecular formula is C14H15BrFNS. The zero-order chi connectivity index (χ0) is 13.1. The summed E-state index contributed by atoms with van der Waals surface area (Å²) in [5.74, 6) is -0.233. The van der Waals surface area contributed by atoms with E-state index in [1.807, 2.05) is 6.92 Å². The van der Waals surface area contributed by atoms with Gasteiger partial charge in [0, 0.05) is 22.0 Å². The normalized spacial score (nSPS) is 10.7. The van der Waals surface area contributed by atoms with E-state index >= 15 is 0 Å². The fraction of sp³-hybridized carbons (Fsp3) is 0.286. The van der Waals surface area contributed by atoms with E-state index in [0.717, 1.165) is 24.2 Å². The Labute approximate surface area is 119 Å². The third-order valence-corrected chi connectivity index (χ3v) is 4.62. The van der Waals surface area contributed by atoms with Gasteiger partial charge in [-0.05, 0) is 59.1 Å². The summed E-state index contributed by atoms with van der Waals surface area (Å²) in [6.07, 6.45) is 1.07. The highest BCUT2D eigenvalue weighted by molar-refractivity contribution is 9.10. The molecule has 0 aliphatic rings. The minimum Gasteiger partial charge on any atom is -0.380 e. The maximum atomic E-state index is 13.5. The van der Waals surface area contributed by atoms with Gasteiger partial charge in [0.25, 0.3) is 0 Å². The SMILES string of the molecule is CCc1ccc(CNc2cc(F)c(Br)cc2C)s1. The van der Waals surface area contributed by atoms with Crippen molar-refractivity contribution in [1.82, 2.24) is 0 Å². The van der Waals surface area contributed by atoms with Crippen molar-refractivity contribution in [1.29, 1.82) is 0 Å². The first-order valence-electron chi connectivity index (χ1n) is 5.87. The smallest absolute Gasteiger partial charge is 0.139 e. The average molecular weight is 328 g/mol. The number of hydrogen-bond donors (Lipinski definition) is 1. The molecule has 1 nitrogen and oxygen atoms in total. The van der Waals surface area contributed by atoms with E-state index in [0.29, 0.717) is 4.47 Å². The van der Waals surface area contributed by atoms with Gasteiger partial charge in [0.1, 0.15) is 5.82 Å². The summed E-state index contributed by atoms with van der Waals surface area (Å²) in [5, 5.41) is 3.28. The molecule has 96 valence electrons. The Balaban J connectivity index is 2.08. The van der Waals surface area contributed by atoms with E-state index < -0.39 is 0 Å². The predicted octanol–water partition coefficient (Wildman–Crippen LogP) is 5.13. The molecule has 0 bridgehead atoms. The van der Waals surface area contributed by atoms with Crippen LogP contribution in [-0.4, -0.2) is 0 Å². The standard InChI is InChI=1S/C14H15BrFNS/c1-3-10-4-5-11(18-10)8-17-14-7-13(16)12(15)6-9(14)2/h4-7,17H,3,8H2,1-2H3. The van der Waals surface area contributed by atoms with E-state index in [-0.39, 0.29) is 5.82 Å². The van der Waals surface area contributed by atoms with Gasteiger partial charge < -0.3 is 5.32 Å². The summed E-state index contributed by atoms with van der Waals surface area (Å²) >= 11 is 4.99. The van der Waals surface area contributed by atoms with Crippen LogP contribution in [0.15, 0.2) is 28.7 Å². The maximum absolute atomic E-state index is 13.5. The highest BCUT2D eigenvalue weighted by Gasteiger charge is 2.05. The van der Waals surface area contributed by atoms with Crippen LogP contribution in [0.3, 0.4) is 0 Å². The van der Waals surface area contributed by atoms with Gasteiger partial charge in [0.2, 0.25) is 0 Å². The predicted molar refractivity (Wildman–Crippen MR) is 79.9 cm³/mol. The number of halogens is 2. The molecule has 18 heavy (non-hydrogen) atoms. The van der Waals surface area contributed by atoms with Crippen molar-refractivity contribution in [2.45, 2.75) is 26.8 Å². The van der Waals surface area contributed by atoms with Crippen LogP contribution in [-0.2, 0) is 13.0 Å². The molecule has 1 heterocycles. The lowest BCUT2D eigenvalue weighted by Gasteiger charge is -2.09. The molecule has 0 unspecified atom stereocenters. The van der Waals surface area contributed by atoms with Crippen LogP contribution < -0.4 is 5.32 Å². The molecule has 0 saturated carbocycles. The molecule has 1 N–H and O–H groups in total. The first kappa shape index (κ1) is 13.6. The van der Waals surface area contributed by atoms with E-state index in [1.54, 1.807) is 17.4 Å². The van der Waals surface area contributed by atoms with Crippen molar-refractivity contribution in [3.05, 3.63) is 49.9 Å². The summed E-state index contributed by atoms with van der Waals surface area (Å²) < 4.78 is 14.0. The molecule has 0 amide bonds. The minimum atomic E-state index is -0.233. The second kappa shape index (κ2) is 5.85. The molecule has 0 radical (unpaired) electrons. The number of thiophene rings is 1. The van der Waals surface area contributed by atoms with Crippen LogP contribution >= 0.6 is 27.3 Å². The van der Waals surface area contributed by atoms with Crippen molar-refractivity contribution >= 4 is 33.0 Å². The third kappa shape index (κ3) is 3.12. The Bertz CT molecular complexity index is 551. The molecule has 0 atom stereocenters. The van der Waals surface area contributed by atoms with Gasteiger partial charge in [-0.1, -0.05) is 6.92 Å². The number of nitrogens with one attached hydrogen (secondary N) is 1. The summed E-state index contributed by atoms with van der Waals surface area (Å²) in [7, 11) is 0. The molecule has 0 spiro atoms. The van der Waals surface area contributed by atoms with Crippen molar-refractivity contribution in [3.63, 3.8) is 0 Å². The molecular weight excluding hydrogens is 313 g/mol. The van der Waals surface area contributed by atoms with Crippen molar-refractivity contribution < 1.29 is 4.39 Å². The van der Waals surface area contributed by atoms with Gasteiger partial charge in [0.05, 0.1) is 4.47 Å². The van der Waals surface area contributed by atoms with Gasteiger partial charge in [-0.25, -0.2) is 4.39 Å². The van der Waals surface area contributed by atoms with Crippen LogP contribution in [0.1, 0.15) is 22.2 Å². The Morgan fingerprint density at radius 3 is 2.67 bits per heavy atom. The van der Waals surface area contributed by atoms with Gasteiger partial charge in [-0.2, -0.15) is 0 Å². The van der Waals surface area contributed by atoms with Gasteiger partial charge in [-0.3, -0.25) is 0 Å². The van der Waals surface area contributed by atoms with Crippen LogP contribution in [0.25, 0.3) is 0 Å². The van der Waals surface area contributed by atoms with E-state index in [2.05, 4.69) is 40.3 Å². The number of anilines is 1. The van der Waals surface area contributed by atoms with E-state index in [4.69, 9.17) is 0 Å². The number of benzene rings is 1. The molecule has 0 aliphatic carbocycles. The summed E-state index contributed by atoms with van der Waals surface area (Å²) in [5.41, 5.74) is 1.89. The lowest BCUT2D eigenvalue weighted by molar-refractivity contribution is 0.621. The third-order valence-electron chi connectivity index (χ3n) is 2.79. The number of rotatable bonds is 4. The summed E-state index contributed by atoms with van der Waals surface area (Å²) in [4.78, 5) is 2.65. The molecule has 2 rings (SSSR count). The number of aryl methyl sites for hydroxylation is 2. The minimum absolute atomic E-state index is 0.233. The summed E-state index contributed by atoms with van der Waals surface area (Å²) in [6, 6.07) is 7.61. The van der Waals surface area contributed by atoms with Gasteiger partial charge >= 0.3 is 0 Å². The second-order valence-corrected chi connectivity index (χ2v) is 6.26. The van der Waals surface area contributed by atoms with Crippen LogP contribution in [0, 0.1) is 12.7 Å². The average Bonchev–Trinajstić information content (AvgIpc) is 2.80. The first-order valence-corrected chi connectivity index (χ1v) is 7.48. The quantitative estimate of drug-likeness (QED) is 0.820. The highest BCUT2D eigenvalue weighted by atomic mass is 79.9.